The molecular weight excluding hydrogens is 253 g/mol. The molecule has 0 aliphatic heterocycles. The van der Waals surface area contributed by atoms with Crippen molar-refractivity contribution in [1.29, 1.82) is 0 Å². The molecule has 100 valence electrons. The van der Waals surface area contributed by atoms with Crippen molar-refractivity contribution < 1.29 is 23.1 Å². The van der Waals surface area contributed by atoms with Gasteiger partial charge in [-0.15, -0.1) is 0 Å². The summed E-state index contributed by atoms with van der Waals surface area (Å²) in [5.41, 5.74) is -2.35. The van der Waals surface area contributed by atoms with Crippen LogP contribution in [0.1, 0.15) is 12.0 Å². The summed E-state index contributed by atoms with van der Waals surface area (Å²) in [6.07, 6.45) is -4.43. The fraction of sp³-hybridized carbons (Fsp3) is 0.400. The van der Waals surface area contributed by atoms with E-state index in [-0.39, 0.29) is 19.5 Å². The molecule has 0 radical (unpaired) electrons. The Balaban J connectivity index is 2.73. The standard InChI is InChI=1S/C10H11F3N2O3/c11-10(12,13)7-3-1-5-15(8(7)16)6-2-4-14-9(17)18/h1,3,5,14H,2,4,6H2,(H,17,18). The molecule has 0 unspecified atom stereocenters. The van der Waals surface area contributed by atoms with Crippen LogP contribution in [0.2, 0.25) is 0 Å². The number of aromatic nitrogens is 1. The number of pyridine rings is 1. The quantitative estimate of drug-likeness (QED) is 0.810. The van der Waals surface area contributed by atoms with E-state index >= 15 is 0 Å². The normalized spacial score (nSPS) is 11.3. The SMILES string of the molecule is O=C(O)NCCCn1cccc(C(F)(F)F)c1=O. The van der Waals surface area contributed by atoms with Crippen molar-refractivity contribution in [3.63, 3.8) is 0 Å². The summed E-state index contributed by atoms with van der Waals surface area (Å²) in [6.45, 7) is 0.0844. The van der Waals surface area contributed by atoms with Gasteiger partial charge in [-0.2, -0.15) is 13.2 Å². The molecule has 0 aliphatic carbocycles. The number of carboxylic acid groups (broad SMARTS) is 1. The first-order valence-electron chi connectivity index (χ1n) is 5.06. The highest BCUT2D eigenvalue weighted by molar-refractivity contribution is 5.64. The molecule has 1 heterocycles. The van der Waals surface area contributed by atoms with Crippen molar-refractivity contribution in [2.75, 3.05) is 6.54 Å². The van der Waals surface area contributed by atoms with Gasteiger partial charge in [0.2, 0.25) is 0 Å². The summed E-state index contributed by atoms with van der Waals surface area (Å²) in [6, 6.07) is 1.85. The van der Waals surface area contributed by atoms with Crippen LogP contribution in [0.5, 0.6) is 0 Å². The Kier molecular flexibility index (Phi) is 4.35. The highest BCUT2D eigenvalue weighted by atomic mass is 19.4. The van der Waals surface area contributed by atoms with Gasteiger partial charge in [0, 0.05) is 19.3 Å². The van der Waals surface area contributed by atoms with Gasteiger partial charge in [0.1, 0.15) is 5.56 Å². The monoisotopic (exact) mass is 264 g/mol. The highest BCUT2D eigenvalue weighted by Crippen LogP contribution is 2.25. The lowest BCUT2D eigenvalue weighted by Crippen LogP contribution is -2.29. The number of hydrogen-bond acceptors (Lipinski definition) is 2. The number of hydrogen-bond donors (Lipinski definition) is 2. The molecule has 1 aromatic rings. The van der Waals surface area contributed by atoms with E-state index in [0.29, 0.717) is 6.07 Å². The van der Waals surface area contributed by atoms with Gasteiger partial charge in [0.25, 0.3) is 5.56 Å². The topological polar surface area (TPSA) is 71.3 Å². The molecule has 2 N–H and O–H groups in total. The summed E-state index contributed by atoms with van der Waals surface area (Å²) >= 11 is 0. The van der Waals surface area contributed by atoms with Gasteiger partial charge in [-0.25, -0.2) is 4.79 Å². The molecule has 0 saturated carbocycles. The van der Waals surface area contributed by atoms with Gasteiger partial charge >= 0.3 is 12.3 Å². The van der Waals surface area contributed by atoms with Crippen LogP contribution >= 0.6 is 0 Å². The minimum atomic E-state index is -4.68. The van der Waals surface area contributed by atoms with E-state index in [1.165, 1.54) is 6.20 Å². The zero-order valence-corrected chi connectivity index (χ0v) is 9.20. The molecule has 5 nitrogen and oxygen atoms in total. The molecule has 1 rings (SSSR count). The Morgan fingerprint density at radius 2 is 2.11 bits per heavy atom. The van der Waals surface area contributed by atoms with Crippen LogP contribution in [0.3, 0.4) is 0 Å². The maximum absolute atomic E-state index is 12.4. The van der Waals surface area contributed by atoms with E-state index in [0.717, 1.165) is 10.6 Å². The summed E-state index contributed by atoms with van der Waals surface area (Å²) in [5, 5.41) is 10.3. The number of rotatable bonds is 4. The summed E-state index contributed by atoms with van der Waals surface area (Å²) in [4.78, 5) is 21.6. The van der Waals surface area contributed by atoms with E-state index in [9.17, 15) is 22.8 Å². The van der Waals surface area contributed by atoms with Crippen LogP contribution in [0.15, 0.2) is 23.1 Å². The minimum absolute atomic E-state index is 0.0169. The second-order valence-electron chi connectivity index (χ2n) is 3.50. The molecule has 0 spiro atoms. The van der Waals surface area contributed by atoms with E-state index in [4.69, 9.17) is 5.11 Å². The Morgan fingerprint density at radius 1 is 1.44 bits per heavy atom. The first-order chi connectivity index (χ1) is 8.32. The Labute approximate surface area is 99.8 Å². The highest BCUT2D eigenvalue weighted by Gasteiger charge is 2.34. The average molecular weight is 264 g/mol. The predicted molar refractivity (Wildman–Crippen MR) is 56.3 cm³/mol. The van der Waals surface area contributed by atoms with E-state index in [2.05, 4.69) is 5.32 Å². The Bertz CT molecular complexity index is 482. The van der Waals surface area contributed by atoms with Gasteiger partial charge < -0.3 is 15.0 Å². The number of alkyl halides is 3. The number of nitrogens with zero attached hydrogens (tertiary/aromatic N) is 1. The van der Waals surface area contributed by atoms with Crippen molar-refractivity contribution in [3.8, 4) is 0 Å². The Hall–Kier alpha value is -1.99. The first-order valence-corrected chi connectivity index (χ1v) is 5.06. The van der Waals surface area contributed by atoms with Crippen LogP contribution in [0, 0.1) is 0 Å². The summed E-state index contributed by atoms with van der Waals surface area (Å²) in [7, 11) is 0. The first kappa shape index (κ1) is 14.1. The van der Waals surface area contributed by atoms with Gasteiger partial charge in [0.05, 0.1) is 0 Å². The molecule has 18 heavy (non-hydrogen) atoms. The number of nitrogens with one attached hydrogen (secondary N) is 1. The van der Waals surface area contributed by atoms with Gasteiger partial charge in [-0.1, -0.05) is 0 Å². The number of aryl methyl sites for hydroxylation is 1. The third kappa shape index (κ3) is 3.79. The molecule has 0 atom stereocenters. The number of carbonyl (C=O) groups is 1. The van der Waals surface area contributed by atoms with E-state index in [1.807, 2.05) is 0 Å². The molecule has 0 saturated heterocycles. The molecule has 8 heteroatoms. The summed E-state index contributed by atoms with van der Waals surface area (Å²) in [5.74, 6) is 0. The molecule has 1 aromatic heterocycles. The number of amides is 1. The lowest BCUT2D eigenvalue weighted by Gasteiger charge is -2.10. The molecular formula is C10H11F3N2O3. The van der Waals surface area contributed by atoms with Crippen molar-refractivity contribution in [2.24, 2.45) is 0 Å². The fourth-order valence-electron chi connectivity index (χ4n) is 1.37. The minimum Gasteiger partial charge on any atom is -0.465 e. The zero-order chi connectivity index (χ0) is 13.8. The molecule has 0 aromatic carbocycles. The maximum atomic E-state index is 12.4. The lowest BCUT2D eigenvalue weighted by atomic mass is 10.2. The average Bonchev–Trinajstić information content (AvgIpc) is 2.24. The largest absolute Gasteiger partial charge is 0.465 e. The number of halogens is 3. The lowest BCUT2D eigenvalue weighted by molar-refractivity contribution is -0.139. The molecule has 1 amide bonds. The smallest absolute Gasteiger partial charge is 0.421 e. The fourth-order valence-corrected chi connectivity index (χ4v) is 1.37. The second-order valence-corrected chi connectivity index (χ2v) is 3.50. The van der Waals surface area contributed by atoms with Crippen molar-refractivity contribution in [3.05, 3.63) is 34.2 Å². The molecule has 0 fully saturated rings. The maximum Gasteiger partial charge on any atom is 0.421 e. The predicted octanol–water partition coefficient (Wildman–Crippen LogP) is 1.52. The van der Waals surface area contributed by atoms with Crippen molar-refractivity contribution in [1.82, 2.24) is 9.88 Å². The van der Waals surface area contributed by atoms with Crippen molar-refractivity contribution >= 4 is 6.09 Å². The zero-order valence-electron chi connectivity index (χ0n) is 9.20. The van der Waals surface area contributed by atoms with Crippen LogP contribution in [-0.4, -0.2) is 22.3 Å². The third-order valence-electron chi connectivity index (χ3n) is 2.18. The second kappa shape index (κ2) is 5.56. The molecule has 0 aliphatic rings. The van der Waals surface area contributed by atoms with E-state index in [1.54, 1.807) is 0 Å². The van der Waals surface area contributed by atoms with Crippen LogP contribution < -0.4 is 10.9 Å². The molecule has 0 bridgehead atoms. The van der Waals surface area contributed by atoms with E-state index < -0.39 is 23.4 Å². The van der Waals surface area contributed by atoms with Crippen molar-refractivity contribution in [2.45, 2.75) is 19.1 Å². The third-order valence-corrected chi connectivity index (χ3v) is 2.18. The van der Waals surface area contributed by atoms with Gasteiger partial charge in [-0.05, 0) is 18.6 Å². The van der Waals surface area contributed by atoms with Gasteiger partial charge in [0.15, 0.2) is 0 Å². The van der Waals surface area contributed by atoms with Crippen LogP contribution in [0.25, 0.3) is 0 Å². The Morgan fingerprint density at radius 3 is 2.67 bits per heavy atom. The van der Waals surface area contributed by atoms with Crippen LogP contribution in [0.4, 0.5) is 18.0 Å². The van der Waals surface area contributed by atoms with Gasteiger partial charge in [-0.3, -0.25) is 4.79 Å². The summed E-state index contributed by atoms with van der Waals surface area (Å²) < 4.78 is 38.2. The van der Waals surface area contributed by atoms with Crippen LogP contribution in [-0.2, 0) is 12.7 Å².